The Morgan fingerprint density at radius 3 is 2.55 bits per heavy atom. The van der Waals surface area contributed by atoms with Gasteiger partial charge in [0.2, 0.25) is 0 Å². The number of aliphatic imine (C=N–C) groups is 1. The molecule has 2 aliphatic heterocycles. The molecule has 2 unspecified atom stereocenters. The highest BCUT2D eigenvalue weighted by atomic mass is 16.6. The van der Waals surface area contributed by atoms with Crippen molar-refractivity contribution in [1.82, 2.24) is 4.90 Å². The number of hydrogen-bond acceptors (Lipinski definition) is 3. The van der Waals surface area contributed by atoms with Crippen LogP contribution >= 0.6 is 0 Å². The number of nitrogens with zero attached hydrogens (tertiary/aromatic N) is 2. The van der Waals surface area contributed by atoms with Crippen molar-refractivity contribution in [2.75, 3.05) is 6.54 Å². The molecule has 2 heterocycles. The molecule has 0 bridgehead atoms. The summed E-state index contributed by atoms with van der Waals surface area (Å²) in [6, 6.07) is 16.4. The molecule has 2 aromatic carbocycles. The zero-order valence-corrected chi connectivity index (χ0v) is 17.6. The molecule has 0 aromatic heterocycles. The van der Waals surface area contributed by atoms with E-state index in [1.54, 1.807) is 0 Å². The molecule has 3 atom stereocenters. The van der Waals surface area contributed by atoms with Gasteiger partial charge in [0.25, 0.3) is 0 Å². The molecule has 4 rings (SSSR count). The number of hydrogen-bond donors (Lipinski definition) is 0. The lowest BCUT2D eigenvalue weighted by molar-refractivity contribution is 0.0208. The Labute approximate surface area is 172 Å². The Kier molecular flexibility index (Phi) is 4.60. The molecule has 4 nitrogen and oxygen atoms in total. The average molecular weight is 389 g/mol. The minimum absolute atomic E-state index is 0.0359. The van der Waals surface area contributed by atoms with Gasteiger partial charge in [-0.25, -0.2) is 4.79 Å². The largest absolute Gasteiger partial charge is 0.444 e. The second-order valence-corrected chi connectivity index (χ2v) is 9.00. The Balaban J connectivity index is 1.89. The molecular formula is C25H28N2O2. The number of ether oxygens (including phenoxy) is 1. The Morgan fingerprint density at radius 1 is 1.21 bits per heavy atom. The average Bonchev–Trinajstić information content (AvgIpc) is 3.21. The molecule has 0 N–H and O–H groups in total. The van der Waals surface area contributed by atoms with Crippen LogP contribution < -0.4 is 0 Å². The fourth-order valence-corrected chi connectivity index (χ4v) is 4.62. The molecule has 0 radical (unpaired) electrons. The molecule has 1 fully saturated rings. The number of fused-ring (bicyclic) bond motifs is 2. The zero-order chi connectivity index (χ0) is 20.8. The van der Waals surface area contributed by atoms with Gasteiger partial charge in [0.05, 0.1) is 17.1 Å². The summed E-state index contributed by atoms with van der Waals surface area (Å²) in [5.74, 6) is 0.0359. The summed E-state index contributed by atoms with van der Waals surface area (Å²) in [5, 5.41) is 0. The van der Waals surface area contributed by atoms with Gasteiger partial charge in [-0.2, -0.15) is 0 Å². The number of carbonyl (C=O) groups is 1. The molecule has 29 heavy (non-hydrogen) atoms. The lowest BCUT2D eigenvalue weighted by Crippen LogP contribution is -2.41. The molecule has 2 aromatic rings. The van der Waals surface area contributed by atoms with Gasteiger partial charge in [0.15, 0.2) is 0 Å². The van der Waals surface area contributed by atoms with Gasteiger partial charge >= 0.3 is 6.09 Å². The van der Waals surface area contributed by atoms with Crippen molar-refractivity contribution < 1.29 is 9.53 Å². The van der Waals surface area contributed by atoms with Crippen molar-refractivity contribution in [3.8, 4) is 0 Å². The molecule has 2 aliphatic rings. The topological polar surface area (TPSA) is 41.9 Å². The van der Waals surface area contributed by atoms with Crippen LogP contribution in [0.1, 0.15) is 43.5 Å². The highest BCUT2D eigenvalue weighted by Crippen LogP contribution is 2.56. The summed E-state index contributed by atoms with van der Waals surface area (Å²) in [4.78, 5) is 19.9. The summed E-state index contributed by atoms with van der Waals surface area (Å²) < 4.78 is 5.79. The quantitative estimate of drug-likeness (QED) is 0.615. The van der Waals surface area contributed by atoms with Crippen LogP contribution in [-0.4, -0.2) is 29.4 Å². The van der Waals surface area contributed by atoms with E-state index in [0.717, 1.165) is 16.8 Å². The van der Waals surface area contributed by atoms with Crippen molar-refractivity contribution in [3.63, 3.8) is 0 Å². The molecule has 0 aliphatic carbocycles. The molecule has 1 saturated heterocycles. The summed E-state index contributed by atoms with van der Waals surface area (Å²) in [5.41, 5.74) is 3.35. The van der Waals surface area contributed by atoms with Gasteiger partial charge in [-0.05, 0) is 44.9 Å². The van der Waals surface area contributed by atoms with E-state index < -0.39 is 11.0 Å². The number of rotatable bonds is 2. The molecule has 1 spiro atoms. The van der Waals surface area contributed by atoms with Gasteiger partial charge in [-0.1, -0.05) is 54.1 Å². The first kappa shape index (κ1) is 19.4. The third-order valence-electron chi connectivity index (χ3n) is 5.86. The van der Waals surface area contributed by atoms with Crippen LogP contribution in [0.2, 0.25) is 0 Å². The summed E-state index contributed by atoms with van der Waals surface area (Å²) in [7, 11) is 0. The second kappa shape index (κ2) is 6.87. The van der Waals surface area contributed by atoms with E-state index in [1.807, 2.05) is 56.2 Å². The maximum atomic E-state index is 13.3. The van der Waals surface area contributed by atoms with E-state index >= 15 is 0 Å². The highest BCUT2D eigenvalue weighted by Gasteiger charge is 2.58. The van der Waals surface area contributed by atoms with Gasteiger partial charge < -0.3 is 4.74 Å². The highest BCUT2D eigenvalue weighted by molar-refractivity contribution is 5.89. The normalized spacial score (nSPS) is 25.3. The predicted octanol–water partition coefficient (Wildman–Crippen LogP) is 5.74. The van der Waals surface area contributed by atoms with Crippen LogP contribution in [0.5, 0.6) is 0 Å². The molecule has 150 valence electrons. The van der Waals surface area contributed by atoms with Gasteiger partial charge in [-0.15, -0.1) is 6.58 Å². The summed E-state index contributed by atoms with van der Waals surface area (Å²) >= 11 is 0. The van der Waals surface area contributed by atoms with Crippen LogP contribution in [-0.2, 0) is 10.2 Å². The van der Waals surface area contributed by atoms with Crippen LogP contribution in [0.15, 0.2) is 66.2 Å². The predicted molar refractivity (Wildman–Crippen MR) is 117 cm³/mol. The number of benzene rings is 2. The van der Waals surface area contributed by atoms with Crippen molar-refractivity contribution in [2.45, 2.75) is 44.8 Å². The van der Waals surface area contributed by atoms with E-state index in [4.69, 9.17) is 9.73 Å². The summed E-state index contributed by atoms with van der Waals surface area (Å²) in [6.45, 7) is 12.4. The Bertz CT molecular complexity index is 971. The van der Waals surface area contributed by atoms with E-state index in [-0.39, 0.29) is 18.1 Å². The van der Waals surface area contributed by atoms with Crippen molar-refractivity contribution in [3.05, 3.63) is 77.9 Å². The fraction of sp³-hybridized carbons (Fsp3) is 0.360. The van der Waals surface area contributed by atoms with E-state index in [0.29, 0.717) is 6.54 Å². The van der Waals surface area contributed by atoms with Crippen LogP contribution in [0.4, 0.5) is 10.5 Å². The van der Waals surface area contributed by atoms with Crippen molar-refractivity contribution in [1.29, 1.82) is 0 Å². The zero-order valence-electron chi connectivity index (χ0n) is 17.6. The first-order chi connectivity index (χ1) is 13.8. The third kappa shape index (κ3) is 3.17. The number of amides is 1. The number of para-hydroxylation sites is 1. The van der Waals surface area contributed by atoms with Gasteiger partial charge in [-0.3, -0.25) is 9.89 Å². The maximum Gasteiger partial charge on any atom is 0.410 e. The number of likely N-dealkylation sites (tertiary alicyclic amines) is 1. The van der Waals surface area contributed by atoms with Gasteiger partial charge in [0, 0.05) is 18.7 Å². The Morgan fingerprint density at radius 2 is 1.90 bits per heavy atom. The maximum absolute atomic E-state index is 13.3. The SMILES string of the molecule is C=CC1CN(C(=O)OC(C)(C)C)[C@@H](c2ccc(C)cc2)C12C=Nc1ccccc12. The fourth-order valence-electron chi connectivity index (χ4n) is 4.62. The number of aryl methyl sites for hydroxylation is 1. The first-order valence-electron chi connectivity index (χ1n) is 10.1. The molecule has 1 amide bonds. The standard InChI is InChI=1S/C25H28N2O2/c1-6-19-15-27(23(28)29-24(3,4)5)22(18-13-11-17(2)12-14-18)25(19)16-26-21-10-8-7-9-20(21)25/h6-14,16,19,22H,1,15H2,2-5H3/t19?,22-,25?/m0/s1. The smallest absolute Gasteiger partial charge is 0.410 e. The number of carbonyl (C=O) groups excluding carboxylic acids is 1. The van der Waals surface area contributed by atoms with E-state index in [1.165, 1.54) is 5.56 Å². The molecule has 0 saturated carbocycles. The van der Waals surface area contributed by atoms with E-state index in [9.17, 15) is 4.79 Å². The second-order valence-electron chi connectivity index (χ2n) is 9.00. The van der Waals surface area contributed by atoms with Crippen LogP contribution in [0.3, 0.4) is 0 Å². The first-order valence-corrected chi connectivity index (χ1v) is 10.1. The van der Waals surface area contributed by atoms with Crippen LogP contribution in [0.25, 0.3) is 0 Å². The molecule has 4 heteroatoms. The lowest BCUT2D eigenvalue weighted by atomic mass is 9.68. The minimum Gasteiger partial charge on any atom is -0.444 e. The van der Waals surface area contributed by atoms with Crippen molar-refractivity contribution in [2.24, 2.45) is 10.9 Å². The molecular weight excluding hydrogens is 360 g/mol. The van der Waals surface area contributed by atoms with Crippen LogP contribution in [0, 0.1) is 12.8 Å². The van der Waals surface area contributed by atoms with Gasteiger partial charge in [0.1, 0.15) is 5.60 Å². The lowest BCUT2D eigenvalue weighted by Gasteiger charge is -2.36. The van der Waals surface area contributed by atoms with Crippen molar-refractivity contribution >= 4 is 18.0 Å². The monoisotopic (exact) mass is 388 g/mol. The van der Waals surface area contributed by atoms with E-state index in [2.05, 4.69) is 43.8 Å². The third-order valence-corrected chi connectivity index (χ3v) is 5.86. The minimum atomic E-state index is -0.560. The Hall–Kier alpha value is -2.88. The summed E-state index contributed by atoms with van der Waals surface area (Å²) in [6.07, 6.45) is 3.68.